The molecule has 38 heavy (non-hydrogen) atoms. The Bertz CT molecular complexity index is 1620. The standard InChI is InChI=1S/C28H23N3O3S4/c1-19-9-15-23(16-10-19)38(33,34)31-21-11-13-22(14-12-21)37-26(20-6-3-2-4-7-20)27(32)30-28-29-24(18-36-28)25-8-5-17-35-25/h2-18,26,31H,1H3,(H,29,30,32). The summed E-state index contributed by atoms with van der Waals surface area (Å²) in [5, 5.41) is 6.91. The summed E-state index contributed by atoms with van der Waals surface area (Å²) in [5.41, 5.74) is 3.13. The lowest BCUT2D eigenvalue weighted by molar-refractivity contribution is -0.115. The average molecular weight is 578 g/mol. The van der Waals surface area contributed by atoms with Crippen LogP contribution >= 0.6 is 34.4 Å². The van der Waals surface area contributed by atoms with Crippen LogP contribution in [0, 0.1) is 6.92 Å². The molecule has 0 saturated carbocycles. The first-order valence-corrected chi connectivity index (χ1v) is 15.7. The van der Waals surface area contributed by atoms with E-state index in [4.69, 9.17) is 0 Å². The molecule has 0 aliphatic heterocycles. The lowest BCUT2D eigenvalue weighted by atomic mass is 10.1. The normalized spacial score (nSPS) is 12.1. The molecule has 6 nitrogen and oxygen atoms in total. The molecular formula is C28H23N3O3S4. The highest BCUT2D eigenvalue weighted by atomic mass is 32.2. The third-order valence-electron chi connectivity index (χ3n) is 5.54. The van der Waals surface area contributed by atoms with E-state index in [1.54, 1.807) is 59.9 Å². The second-order valence-electron chi connectivity index (χ2n) is 8.36. The second kappa shape index (κ2) is 11.5. The SMILES string of the molecule is Cc1ccc(S(=O)(=O)Nc2ccc(SC(C(=O)Nc3nc(-c4cccs4)cs3)c3ccccc3)cc2)cc1. The Morgan fingerprint density at radius 2 is 1.63 bits per heavy atom. The third-order valence-corrected chi connectivity index (χ3v) is 9.85. The van der Waals surface area contributed by atoms with Gasteiger partial charge in [0.2, 0.25) is 5.91 Å². The van der Waals surface area contributed by atoms with Crippen molar-refractivity contribution < 1.29 is 13.2 Å². The van der Waals surface area contributed by atoms with Gasteiger partial charge in [-0.3, -0.25) is 9.52 Å². The first-order valence-electron chi connectivity index (χ1n) is 11.6. The number of anilines is 2. The van der Waals surface area contributed by atoms with Crippen LogP contribution in [0.5, 0.6) is 0 Å². The van der Waals surface area contributed by atoms with E-state index in [0.717, 1.165) is 26.6 Å². The van der Waals surface area contributed by atoms with Crippen molar-refractivity contribution in [2.24, 2.45) is 0 Å². The summed E-state index contributed by atoms with van der Waals surface area (Å²) in [6.45, 7) is 1.91. The first kappa shape index (κ1) is 26.2. The van der Waals surface area contributed by atoms with Gasteiger partial charge in [-0.25, -0.2) is 13.4 Å². The molecule has 0 aliphatic carbocycles. The van der Waals surface area contributed by atoms with Crippen LogP contribution in [0.4, 0.5) is 10.8 Å². The molecule has 1 atom stereocenters. The van der Waals surface area contributed by atoms with Crippen LogP contribution < -0.4 is 10.0 Å². The Labute approximate surface area is 233 Å². The molecule has 2 aromatic heterocycles. The summed E-state index contributed by atoms with van der Waals surface area (Å²) in [4.78, 5) is 20.0. The van der Waals surface area contributed by atoms with Gasteiger partial charge in [0.15, 0.2) is 5.13 Å². The van der Waals surface area contributed by atoms with E-state index in [-0.39, 0.29) is 10.8 Å². The van der Waals surface area contributed by atoms with Gasteiger partial charge in [-0.2, -0.15) is 0 Å². The number of sulfonamides is 1. The summed E-state index contributed by atoms with van der Waals surface area (Å²) < 4.78 is 28.1. The fraction of sp³-hybridized carbons (Fsp3) is 0.0714. The van der Waals surface area contributed by atoms with E-state index >= 15 is 0 Å². The van der Waals surface area contributed by atoms with Crippen molar-refractivity contribution in [2.45, 2.75) is 22.0 Å². The predicted molar refractivity (Wildman–Crippen MR) is 158 cm³/mol. The summed E-state index contributed by atoms with van der Waals surface area (Å²) in [5.74, 6) is -0.183. The van der Waals surface area contributed by atoms with Gasteiger partial charge in [0.05, 0.1) is 15.5 Å². The molecule has 192 valence electrons. The maximum Gasteiger partial charge on any atom is 0.261 e. The number of thiophene rings is 1. The number of hydrogen-bond acceptors (Lipinski definition) is 7. The number of amides is 1. The number of aryl methyl sites for hydroxylation is 1. The molecule has 0 radical (unpaired) electrons. The van der Waals surface area contributed by atoms with Crippen LogP contribution in [0.15, 0.2) is 112 Å². The van der Waals surface area contributed by atoms with Crippen LogP contribution in [0.1, 0.15) is 16.4 Å². The van der Waals surface area contributed by atoms with Crippen molar-refractivity contribution in [1.29, 1.82) is 0 Å². The minimum absolute atomic E-state index is 0.183. The minimum Gasteiger partial charge on any atom is -0.301 e. The number of nitrogens with one attached hydrogen (secondary N) is 2. The Hall–Kier alpha value is -3.44. The van der Waals surface area contributed by atoms with Crippen molar-refractivity contribution in [3.63, 3.8) is 0 Å². The number of benzene rings is 3. The zero-order valence-corrected chi connectivity index (χ0v) is 23.5. The number of thioether (sulfide) groups is 1. The zero-order chi connectivity index (χ0) is 26.5. The topological polar surface area (TPSA) is 88.2 Å². The van der Waals surface area contributed by atoms with Gasteiger partial charge < -0.3 is 5.32 Å². The number of carbonyl (C=O) groups excluding carboxylic acids is 1. The number of aromatic nitrogens is 1. The van der Waals surface area contributed by atoms with Gasteiger partial charge in [0, 0.05) is 16.0 Å². The number of nitrogens with zero attached hydrogens (tertiary/aromatic N) is 1. The van der Waals surface area contributed by atoms with E-state index in [1.807, 2.05) is 60.1 Å². The van der Waals surface area contributed by atoms with Crippen molar-refractivity contribution in [2.75, 3.05) is 10.0 Å². The van der Waals surface area contributed by atoms with E-state index < -0.39 is 15.3 Å². The molecule has 1 unspecified atom stereocenters. The molecule has 0 bridgehead atoms. The summed E-state index contributed by atoms with van der Waals surface area (Å²) in [7, 11) is -3.70. The predicted octanol–water partition coefficient (Wildman–Crippen LogP) is 7.45. The quantitative estimate of drug-likeness (QED) is 0.178. The van der Waals surface area contributed by atoms with Gasteiger partial charge in [0.1, 0.15) is 5.25 Å². The van der Waals surface area contributed by atoms with Crippen molar-refractivity contribution in [3.8, 4) is 10.6 Å². The minimum atomic E-state index is -3.70. The Morgan fingerprint density at radius 3 is 2.32 bits per heavy atom. The van der Waals surface area contributed by atoms with E-state index in [9.17, 15) is 13.2 Å². The average Bonchev–Trinajstić information content (AvgIpc) is 3.61. The molecule has 0 fully saturated rings. The molecule has 5 rings (SSSR count). The Kier molecular flexibility index (Phi) is 7.94. The molecule has 10 heteroatoms. The Balaban J connectivity index is 1.31. The molecule has 0 aliphatic rings. The molecule has 5 aromatic rings. The Morgan fingerprint density at radius 1 is 0.895 bits per heavy atom. The van der Waals surface area contributed by atoms with E-state index in [0.29, 0.717) is 10.8 Å². The molecule has 2 N–H and O–H groups in total. The van der Waals surface area contributed by atoms with Crippen molar-refractivity contribution in [3.05, 3.63) is 113 Å². The lowest BCUT2D eigenvalue weighted by Crippen LogP contribution is -2.19. The fourth-order valence-electron chi connectivity index (χ4n) is 3.61. The van der Waals surface area contributed by atoms with Crippen molar-refractivity contribution in [1.82, 2.24) is 4.98 Å². The molecule has 2 heterocycles. The number of thiazole rings is 1. The van der Waals surface area contributed by atoms with Gasteiger partial charge in [0.25, 0.3) is 10.0 Å². The van der Waals surface area contributed by atoms with Crippen molar-refractivity contribution >= 4 is 61.2 Å². The lowest BCUT2D eigenvalue weighted by Gasteiger charge is -2.16. The highest BCUT2D eigenvalue weighted by Crippen LogP contribution is 2.37. The molecule has 0 spiro atoms. The van der Waals surface area contributed by atoms with Crippen LogP contribution in [0.2, 0.25) is 0 Å². The molecule has 0 saturated heterocycles. The van der Waals surface area contributed by atoms with Crippen LogP contribution in [0.25, 0.3) is 10.6 Å². The largest absolute Gasteiger partial charge is 0.301 e. The van der Waals surface area contributed by atoms with Gasteiger partial charge >= 0.3 is 0 Å². The summed E-state index contributed by atoms with van der Waals surface area (Å²) in [6, 6.07) is 27.2. The second-order valence-corrected chi connectivity index (χ2v) is 13.0. The van der Waals surface area contributed by atoms with E-state index in [2.05, 4.69) is 15.0 Å². The van der Waals surface area contributed by atoms with Crippen LogP contribution in [-0.4, -0.2) is 19.3 Å². The third kappa shape index (κ3) is 6.33. The molecular weight excluding hydrogens is 555 g/mol. The molecule has 1 amide bonds. The maximum atomic E-state index is 13.4. The summed E-state index contributed by atoms with van der Waals surface area (Å²) >= 11 is 4.38. The monoisotopic (exact) mass is 577 g/mol. The summed E-state index contributed by atoms with van der Waals surface area (Å²) in [6.07, 6.45) is 0. The highest BCUT2D eigenvalue weighted by molar-refractivity contribution is 8.00. The van der Waals surface area contributed by atoms with Gasteiger partial charge in [-0.05, 0) is 60.3 Å². The number of carbonyl (C=O) groups is 1. The maximum absolute atomic E-state index is 13.4. The van der Waals surface area contributed by atoms with Crippen LogP contribution in [0.3, 0.4) is 0 Å². The van der Waals surface area contributed by atoms with Gasteiger partial charge in [-0.1, -0.05) is 54.1 Å². The fourth-order valence-corrected chi connectivity index (χ4v) is 7.17. The first-order chi connectivity index (χ1) is 18.4. The van der Waals surface area contributed by atoms with E-state index in [1.165, 1.54) is 23.1 Å². The van der Waals surface area contributed by atoms with Crippen LogP contribution in [-0.2, 0) is 14.8 Å². The number of hydrogen-bond donors (Lipinski definition) is 2. The van der Waals surface area contributed by atoms with Gasteiger partial charge in [-0.15, -0.1) is 34.4 Å². The molecule has 3 aromatic carbocycles. The zero-order valence-electron chi connectivity index (χ0n) is 20.2. The number of rotatable bonds is 9. The smallest absolute Gasteiger partial charge is 0.261 e. The highest BCUT2D eigenvalue weighted by Gasteiger charge is 2.23.